The molecule has 1 aromatic carbocycles. The minimum Gasteiger partial charge on any atom is -0.345 e. The summed E-state index contributed by atoms with van der Waals surface area (Å²) in [5.41, 5.74) is 3.68. The molecule has 0 radical (unpaired) electrons. The van der Waals surface area contributed by atoms with Gasteiger partial charge in [-0.25, -0.2) is 4.98 Å². The second-order valence-corrected chi connectivity index (χ2v) is 8.02. The molecule has 4 aromatic heterocycles. The molecule has 154 valence electrons. The van der Waals surface area contributed by atoms with Crippen LogP contribution in [0.4, 0.5) is 0 Å². The van der Waals surface area contributed by atoms with Gasteiger partial charge in [0.2, 0.25) is 0 Å². The van der Waals surface area contributed by atoms with Crippen LogP contribution >= 0.6 is 11.3 Å². The summed E-state index contributed by atoms with van der Waals surface area (Å²) in [6.45, 7) is 2.13. The standard InChI is InChI=1S/C22H19N7OS/c1-14-20-16(11-17(18-9-6-10-31-18)25-21(20)28(2)27-14)22(30)23-12-19-26-24-13-29(19)15-7-4-3-5-8-15/h3-11,13H,12H2,1-2H3,(H,23,30). The third-order valence-corrected chi connectivity index (χ3v) is 5.94. The molecule has 0 aliphatic rings. The first kappa shape index (κ1) is 19.1. The Hall–Kier alpha value is -3.85. The quantitative estimate of drug-likeness (QED) is 0.462. The van der Waals surface area contributed by atoms with Gasteiger partial charge in [0.15, 0.2) is 11.5 Å². The monoisotopic (exact) mass is 429 g/mol. The van der Waals surface area contributed by atoms with Gasteiger partial charge in [0.25, 0.3) is 5.91 Å². The van der Waals surface area contributed by atoms with Crippen LogP contribution in [0.1, 0.15) is 21.9 Å². The lowest BCUT2D eigenvalue weighted by molar-refractivity contribution is 0.0951. The number of aromatic nitrogens is 6. The predicted molar refractivity (Wildman–Crippen MR) is 119 cm³/mol. The molecule has 1 N–H and O–H groups in total. The lowest BCUT2D eigenvalue weighted by atomic mass is 10.1. The van der Waals surface area contributed by atoms with Crippen molar-refractivity contribution in [2.24, 2.45) is 7.05 Å². The Morgan fingerprint density at radius 3 is 2.77 bits per heavy atom. The summed E-state index contributed by atoms with van der Waals surface area (Å²) >= 11 is 1.58. The molecular formula is C22H19N7OS. The van der Waals surface area contributed by atoms with Crippen molar-refractivity contribution in [3.05, 3.63) is 77.3 Å². The Morgan fingerprint density at radius 2 is 2.00 bits per heavy atom. The number of carbonyl (C=O) groups is 1. The Bertz CT molecular complexity index is 1370. The fraction of sp³-hybridized carbons (Fsp3) is 0.136. The fourth-order valence-corrected chi connectivity index (χ4v) is 4.30. The molecule has 0 fully saturated rings. The molecule has 5 aromatic rings. The Morgan fingerprint density at radius 1 is 1.16 bits per heavy atom. The Labute approximate surface area is 182 Å². The van der Waals surface area contributed by atoms with E-state index in [4.69, 9.17) is 4.98 Å². The van der Waals surface area contributed by atoms with Crippen LogP contribution < -0.4 is 5.32 Å². The number of pyridine rings is 1. The van der Waals surface area contributed by atoms with Crippen LogP contribution in [0, 0.1) is 6.92 Å². The number of carbonyl (C=O) groups excluding carboxylic acids is 1. The highest BCUT2D eigenvalue weighted by Crippen LogP contribution is 2.29. The molecule has 0 spiro atoms. The zero-order valence-corrected chi connectivity index (χ0v) is 17.8. The molecule has 0 saturated heterocycles. The zero-order valence-electron chi connectivity index (χ0n) is 17.0. The van der Waals surface area contributed by atoms with Gasteiger partial charge in [0.05, 0.1) is 33.8 Å². The van der Waals surface area contributed by atoms with Gasteiger partial charge >= 0.3 is 0 Å². The van der Waals surface area contributed by atoms with Crippen LogP contribution in [0.3, 0.4) is 0 Å². The molecule has 4 heterocycles. The lowest BCUT2D eigenvalue weighted by Crippen LogP contribution is -2.25. The highest BCUT2D eigenvalue weighted by molar-refractivity contribution is 7.13. The van der Waals surface area contributed by atoms with Crippen molar-refractivity contribution in [2.45, 2.75) is 13.5 Å². The molecule has 1 amide bonds. The molecule has 0 unspecified atom stereocenters. The van der Waals surface area contributed by atoms with Crippen molar-refractivity contribution >= 4 is 28.3 Å². The highest BCUT2D eigenvalue weighted by Gasteiger charge is 2.20. The molecule has 0 aliphatic heterocycles. The van der Waals surface area contributed by atoms with Crippen molar-refractivity contribution in [3.8, 4) is 16.3 Å². The number of para-hydroxylation sites is 1. The van der Waals surface area contributed by atoms with Crippen LogP contribution in [0.5, 0.6) is 0 Å². The molecule has 8 nitrogen and oxygen atoms in total. The second-order valence-electron chi connectivity index (χ2n) is 7.08. The van der Waals surface area contributed by atoms with Crippen molar-refractivity contribution in [1.29, 1.82) is 0 Å². The van der Waals surface area contributed by atoms with Gasteiger partial charge in [0.1, 0.15) is 6.33 Å². The Kier molecular flexibility index (Phi) is 4.79. The third-order valence-electron chi connectivity index (χ3n) is 5.05. The largest absolute Gasteiger partial charge is 0.345 e. The Balaban J connectivity index is 1.49. The van der Waals surface area contributed by atoms with Crippen molar-refractivity contribution in [1.82, 2.24) is 34.8 Å². The van der Waals surface area contributed by atoms with E-state index in [0.717, 1.165) is 27.3 Å². The maximum Gasteiger partial charge on any atom is 0.252 e. The van der Waals surface area contributed by atoms with E-state index in [9.17, 15) is 4.79 Å². The van der Waals surface area contributed by atoms with Crippen LogP contribution in [-0.4, -0.2) is 35.4 Å². The van der Waals surface area contributed by atoms with Gasteiger partial charge in [-0.2, -0.15) is 5.10 Å². The minimum atomic E-state index is -0.205. The number of aryl methyl sites for hydroxylation is 2. The first-order chi connectivity index (χ1) is 15.1. The molecule has 31 heavy (non-hydrogen) atoms. The van der Waals surface area contributed by atoms with Gasteiger partial charge in [-0.15, -0.1) is 21.5 Å². The average Bonchev–Trinajstić information content (AvgIpc) is 3.53. The molecular weight excluding hydrogens is 410 g/mol. The zero-order chi connectivity index (χ0) is 21.4. The first-order valence-corrected chi connectivity index (χ1v) is 10.6. The number of thiophene rings is 1. The van der Waals surface area contributed by atoms with Gasteiger partial charge in [-0.05, 0) is 36.6 Å². The summed E-state index contributed by atoms with van der Waals surface area (Å²) in [6.07, 6.45) is 1.64. The van der Waals surface area contributed by atoms with E-state index in [1.165, 1.54) is 0 Å². The van der Waals surface area contributed by atoms with Crippen LogP contribution in [0.25, 0.3) is 27.3 Å². The maximum atomic E-state index is 13.3. The van der Waals surface area contributed by atoms with Gasteiger partial charge in [-0.1, -0.05) is 24.3 Å². The van der Waals surface area contributed by atoms with E-state index in [1.807, 2.05) is 72.4 Å². The summed E-state index contributed by atoms with van der Waals surface area (Å²) in [5, 5.41) is 18.4. The summed E-state index contributed by atoms with van der Waals surface area (Å²) < 4.78 is 3.57. The summed E-state index contributed by atoms with van der Waals surface area (Å²) in [5.74, 6) is 0.440. The van der Waals surface area contributed by atoms with Crippen LogP contribution in [0.15, 0.2) is 60.2 Å². The van der Waals surface area contributed by atoms with E-state index in [1.54, 1.807) is 22.3 Å². The highest BCUT2D eigenvalue weighted by atomic mass is 32.1. The number of hydrogen-bond acceptors (Lipinski definition) is 6. The number of rotatable bonds is 5. The number of nitrogens with one attached hydrogen (secondary N) is 1. The minimum absolute atomic E-state index is 0.205. The third kappa shape index (κ3) is 3.49. The lowest BCUT2D eigenvalue weighted by Gasteiger charge is -2.10. The van der Waals surface area contributed by atoms with E-state index < -0.39 is 0 Å². The molecule has 0 saturated carbocycles. The number of hydrogen-bond donors (Lipinski definition) is 1. The average molecular weight is 430 g/mol. The SMILES string of the molecule is Cc1nn(C)c2nc(-c3cccs3)cc(C(=O)NCc3nncn3-c3ccccc3)c12. The summed E-state index contributed by atoms with van der Waals surface area (Å²) in [4.78, 5) is 19.0. The first-order valence-electron chi connectivity index (χ1n) is 9.72. The van der Waals surface area contributed by atoms with Gasteiger partial charge in [0, 0.05) is 12.7 Å². The topological polar surface area (TPSA) is 90.5 Å². The van der Waals surface area contributed by atoms with Crippen LogP contribution in [0.2, 0.25) is 0 Å². The molecule has 0 aliphatic carbocycles. The normalized spacial score (nSPS) is 11.2. The molecule has 5 rings (SSSR count). The van der Waals surface area contributed by atoms with Crippen LogP contribution in [-0.2, 0) is 13.6 Å². The molecule has 0 atom stereocenters. The summed E-state index contributed by atoms with van der Waals surface area (Å²) in [6, 6.07) is 15.6. The number of fused-ring (bicyclic) bond motifs is 1. The predicted octanol–water partition coefficient (Wildman–Crippen LogP) is 3.52. The number of amides is 1. The number of benzene rings is 1. The molecule has 0 bridgehead atoms. The maximum absolute atomic E-state index is 13.3. The van der Waals surface area contributed by atoms with E-state index in [0.29, 0.717) is 17.0 Å². The van der Waals surface area contributed by atoms with Gasteiger partial charge in [-0.3, -0.25) is 14.0 Å². The van der Waals surface area contributed by atoms with Crippen molar-refractivity contribution in [3.63, 3.8) is 0 Å². The smallest absolute Gasteiger partial charge is 0.252 e. The van der Waals surface area contributed by atoms with E-state index in [2.05, 4.69) is 20.6 Å². The molecule has 9 heteroatoms. The van der Waals surface area contributed by atoms with E-state index >= 15 is 0 Å². The second kappa shape index (κ2) is 7.77. The van der Waals surface area contributed by atoms with Gasteiger partial charge < -0.3 is 5.32 Å². The number of nitrogens with zero attached hydrogens (tertiary/aromatic N) is 6. The fourth-order valence-electron chi connectivity index (χ4n) is 3.61. The van der Waals surface area contributed by atoms with E-state index in [-0.39, 0.29) is 12.5 Å². The van der Waals surface area contributed by atoms with Crippen molar-refractivity contribution in [2.75, 3.05) is 0 Å². The summed E-state index contributed by atoms with van der Waals surface area (Å²) in [7, 11) is 1.84. The van der Waals surface area contributed by atoms with Crippen molar-refractivity contribution < 1.29 is 4.79 Å².